The smallest absolute Gasteiger partial charge is 0.236 e. The van der Waals surface area contributed by atoms with Crippen molar-refractivity contribution in [3.05, 3.63) is 35.9 Å². The largest absolute Gasteiger partial charge is 0.339 e. The van der Waals surface area contributed by atoms with Crippen LogP contribution in [0.2, 0.25) is 0 Å². The lowest BCUT2D eigenvalue weighted by Crippen LogP contribution is -2.50. The summed E-state index contributed by atoms with van der Waals surface area (Å²) in [4.78, 5) is 14.2. The van der Waals surface area contributed by atoms with E-state index < -0.39 is 0 Å². The number of carbonyl (C=O) groups excluding carboxylic acids is 1. The van der Waals surface area contributed by atoms with Gasteiger partial charge in [-0.1, -0.05) is 43.7 Å². The summed E-state index contributed by atoms with van der Waals surface area (Å²) < 4.78 is 0. The van der Waals surface area contributed by atoms with Crippen LogP contribution in [0.3, 0.4) is 0 Å². The van der Waals surface area contributed by atoms with Crippen LogP contribution in [-0.4, -0.2) is 49.6 Å². The van der Waals surface area contributed by atoms with Crippen LogP contribution in [0, 0.1) is 0 Å². The SMILES string of the molecule is CCCC(CCc1ccccc1)NCC(=O)N1CCNCC1. The van der Waals surface area contributed by atoms with E-state index in [0.29, 0.717) is 12.6 Å². The minimum absolute atomic E-state index is 0.238. The second kappa shape index (κ2) is 9.59. The van der Waals surface area contributed by atoms with Gasteiger partial charge in [-0.15, -0.1) is 0 Å². The zero-order chi connectivity index (χ0) is 15.6. The molecule has 1 heterocycles. The highest BCUT2D eigenvalue weighted by Gasteiger charge is 2.17. The van der Waals surface area contributed by atoms with Crippen molar-refractivity contribution in [1.82, 2.24) is 15.5 Å². The highest BCUT2D eigenvalue weighted by atomic mass is 16.2. The van der Waals surface area contributed by atoms with E-state index in [1.165, 1.54) is 5.56 Å². The third-order valence-electron chi connectivity index (χ3n) is 4.27. The number of carbonyl (C=O) groups is 1. The Hall–Kier alpha value is -1.39. The molecule has 0 aliphatic carbocycles. The Labute approximate surface area is 134 Å². The molecule has 1 fully saturated rings. The van der Waals surface area contributed by atoms with Gasteiger partial charge in [0.25, 0.3) is 0 Å². The molecule has 1 aromatic rings. The maximum absolute atomic E-state index is 12.2. The minimum atomic E-state index is 0.238. The van der Waals surface area contributed by atoms with E-state index >= 15 is 0 Å². The summed E-state index contributed by atoms with van der Waals surface area (Å²) >= 11 is 0. The van der Waals surface area contributed by atoms with Crippen LogP contribution in [-0.2, 0) is 11.2 Å². The van der Waals surface area contributed by atoms with Gasteiger partial charge in [0.15, 0.2) is 0 Å². The number of rotatable bonds is 8. The fourth-order valence-electron chi connectivity index (χ4n) is 2.94. The van der Waals surface area contributed by atoms with Crippen molar-refractivity contribution in [3.8, 4) is 0 Å². The molecule has 0 aromatic heterocycles. The Morgan fingerprint density at radius 1 is 1.23 bits per heavy atom. The van der Waals surface area contributed by atoms with Gasteiger partial charge in [-0.2, -0.15) is 0 Å². The van der Waals surface area contributed by atoms with Crippen molar-refractivity contribution in [2.24, 2.45) is 0 Å². The molecule has 1 atom stereocenters. The minimum Gasteiger partial charge on any atom is -0.339 e. The average Bonchev–Trinajstić information content (AvgIpc) is 2.59. The summed E-state index contributed by atoms with van der Waals surface area (Å²) in [5.74, 6) is 0.238. The van der Waals surface area contributed by atoms with Crippen molar-refractivity contribution >= 4 is 5.91 Å². The van der Waals surface area contributed by atoms with Gasteiger partial charge in [-0.3, -0.25) is 4.79 Å². The Morgan fingerprint density at radius 2 is 1.95 bits per heavy atom. The Balaban J connectivity index is 1.74. The topological polar surface area (TPSA) is 44.4 Å². The number of aryl methyl sites for hydroxylation is 1. The van der Waals surface area contributed by atoms with Gasteiger partial charge in [-0.25, -0.2) is 0 Å². The highest BCUT2D eigenvalue weighted by Crippen LogP contribution is 2.09. The first-order valence-electron chi connectivity index (χ1n) is 8.55. The summed E-state index contributed by atoms with van der Waals surface area (Å²) in [6.07, 6.45) is 4.43. The van der Waals surface area contributed by atoms with Crippen LogP contribution >= 0.6 is 0 Å². The van der Waals surface area contributed by atoms with E-state index in [9.17, 15) is 4.79 Å². The fraction of sp³-hybridized carbons (Fsp3) is 0.611. The molecule has 2 rings (SSSR count). The zero-order valence-electron chi connectivity index (χ0n) is 13.7. The van der Waals surface area contributed by atoms with Gasteiger partial charge >= 0.3 is 0 Å². The average molecular weight is 303 g/mol. The molecule has 1 saturated heterocycles. The molecule has 2 N–H and O–H groups in total. The molecular formula is C18H29N3O. The normalized spacial score (nSPS) is 16.5. The number of piperazine rings is 1. The third kappa shape index (κ3) is 5.78. The first kappa shape index (κ1) is 17.0. The second-order valence-corrected chi connectivity index (χ2v) is 6.02. The lowest BCUT2D eigenvalue weighted by molar-refractivity contribution is -0.130. The summed E-state index contributed by atoms with van der Waals surface area (Å²) in [7, 11) is 0. The fourth-order valence-corrected chi connectivity index (χ4v) is 2.94. The van der Waals surface area contributed by atoms with Crippen molar-refractivity contribution in [2.75, 3.05) is 32.7 Å². The van der Waals surface area contributed by atoms with Gasteiger partial charge in [0.05, 0.1) is 6.54 Å². The van der Waals surface area contributed by atoms with Crippen LogP contribution < -0.4 is 10.6 Å². The third-order valence-corrected chi connectivity index (χ3v) is 4.27. The molecule has 22 heavy (non-hydrogen) atoms. The maximum Gasteiger partial charge on any atom is 0.236 e. The van der Waals surface area contributed by atoms with Gasteiger partial charge in [-0.05, 0) is 24.8 Å². The van der Waals surface area contributed by atoms with Crippen LogP contribution in [0.15, 0.2) is 30.3 Å². The first-order chi connectivity index (χ1) is 10.8. The highest BCUT2D eigenvalue weighted by molar-refractivity contribution is 5.78. The summed E-state index contributed by atoms with van der Waals surface area (Å²) in [6, 6.07) is 11.0. The van der Waals surface area contributed by atoms with Gasteiger partial charge < -0.3 is 15.5 Å². The molecule has 1 aliphatic rings. The quantitative estimate of drug-likeness (QED) is 0.770. The number of benzene rings is 1. The molecule has 1 unspecified atom stereocenters. The van der Waals surface area contributed by atoms with Gasteiger partial charge in [0.2, 0.25) is 5.91 Å². The van der Waals surface area contributed by atoms with Crippen LogP contribution in [0.25, 0.3) is 0 Å². The Morgan fingerprint density at radius 3 is 2.64 bits per heavy atom. The number of nitrogens with one attached hydrogen (secondary N) is 2. The molecule has 1 aromatic carbocycles. The number of nitrogens with zero attached hydrogens (tertiary/aromatic N) is 1. The Kier molecular flexibility index (Phi) is 7.40. The monoisotopic (exact) mass is 303 g/mol. The van der Waals surface area contributed by atoms with E-state index in [2.05, 4.69) is 47.9 Å². The standard InChI is InChI=1S/C18H29N3O/c1-2-6-17(10-9-16-7-4-3-5-8-16)20-15-18(22)21-13-11-19-12-14-21/h3-5,7-8,17,19-20H,2,6,9-15H2,1H3. The van der Waals surface area contributed by atoms with Gasteiger partial charge in [0.1, 0.15) is 0 Å². The van der Waals surface area contributed by atoms with Crippen molar-refractivity contribution in [3.63, 3.8) is 0 Å². The molecule has 4 nitrogen and oxygen atoms in total. The second-order valence-electron chi connectivity index (χ2n) is 6.02. The molecule has 0 radical (unpaired) electrons. The van der Waals surface area contributed by atoms with Crippen LogP contribution in [0.4, 0.5) is 0 Å². The molecule has 1 aliphatic heterocycles. The van der Waals surface area contributed by atoms with E-state index in [4.69, 9.17) is 0 Å². The predicted octanol–water partition coefficient (Wildman–Crippen LogP) is 1.81. The van der Waals surface area contributed by atoms with Crippen molar-refractivity contribution in [2.45, 2.75) is 38.6 Å². The summed E-state index contributed by atoms with van der Waals surface area (Å²) in [5.41, 5.74) is 1.37. The first-order valence-corrected chi connectivity index (χ1v) is 8.55. The maximum atomic E-state index is 12.2. The number of hydrogen-bond donors (Lipinski definition) is 2. The van der Waals surface area contributed by atoms with Crippen molar-refractivity contribution < 1.29 is 4.79 Å². The molecular weight excluding hydrogens is 274 g/mol. The molecule has 0 saturated carbocycles. The zero-order valence-corrected chi connectivity index (χ0v) is 13.7. The molecule has 4 heteroatoms. The Bertz CT molecular complexity index is 429. The lowest BCUT2D eigenvalue weighted by atomic mass is 10.0. The van der Waals surface area contributed by atoms with Crippen LogP contribution in [0.1, 0.15) is 31.7 Å². The molecule has 0 bridgehead atoms. The van der Waals surface area contributed by atoms with E-state index in [-0.39, 0.29) is 5.91 Å². The van der Waals surface area contributed by atoms with E-state index in [1.807, 2.05) is 4.90 Å². The summed E-state index contributed by atoms with van der Waals surface area (Å²) in [6.45, 7) is 6.18. The molecule has 0 spiro atoms. The molecule has 1 amide bonds. The molecule has 122 valence electrons. The van der Waals surface area contributed by atoms with Gasteiger partial charge in [0, 0.05) is 32.2 Å². The number of hydrogen-bond acceptors (Lipinski definition) is 3. The number of amides is 1. The summed E-state index contributed by atoms with van der Waals surface area (Å²) in [5, 5.41) is 6.76. The predicted molar refractivity (Wildman–Crippen MR) is 90.9 cm³/mol. The van der Waals surface area contributed by atoms with Crippen molar-refractivity contribution in [1.29, 1.82) is 0 Å². The van der Waals surface area contributed by atoms with Crippen LogP contribution in [0.5, 0.6) is 0 Å². The van der Waals surface area contributed by atoms with E-state index in [0.717, 1.165) is 51.9 Å². The van der Waals surface area contributed by atoms with E-state index in [1.54, 1.807) is 0 Å². The lowest BCUT2D eigenvalue weighted by Gasteiger charge is -2.28.